The Labute approximate surface area is 72.6 Å². The minimum atomic E-state index is 0.181. The van der Waals surface area contributed by atoms with Gasteiger partial charge >= 0.3 is 0 Å². The van der Waals surface area contributed by atoms with Crippen molar-refractivity contribution in [1.29, 1.82) is 0 Å². The fourth-order valence-corrected chi connectivity index (χ4v) is 1.84. The molecule has 0 saturated heterocycles. The molecule has 66 valence electrons. The van der Waals surface area contributed by atoms with E-state index in [2.05, 4.69) is 23.4 Å². The van der Waals surface area contributed by atoms with Gasteiger partial charge in [0.15, 0.2) is 0 Å². The van der Waals surface area contributed by atoms with Gasteiger partial charge in [-0.2, -0.15) is 0 Å². The summed E-state index contributed by atoms with van der Waals surface area (Å²) in [5, 5.41) is 0. The van der Waals surface area contributed by atoms with Crippen molar-refractivity contribution in [2.45, 2.75) is 38.8 Å². The van der Waals surface area contributed by atoms with Crippen LogP contribution in [-0.4, -0.2) is 9.55 Å². The van der Waals surface area contributed by atoms with E-state index in [1.165, 1.54) is 5.69 Å². The minimum Gasteiger partial charge on any atom is -0.332 e. The highest BCUT2D eigenvalue weighted by atomic mass is 15.1. The Kier molecular flexibility index (Phi) is 1.68. The molecule has 1 aliphatic carbocycles. The molecule has 2 rings (SSSR count). The summed E-state index contributed by atoms with van der Waals surface area (Å²) in [6, 6.07) is 0.687. The lowest BCUT2D eigenvalue weighted by atomic mass is 10.3. The molecule has 1 aromatic rings. The molecule has 3 nitrogen and oxygen atoms in total. The van der Waals surface area contributed by atoms with Gasteiger partial charge in [0.25, 0.3) is 0 Å². The number of imidazole rings is 1. The molecule has 0 aliphatic heterocycles. The zero-order chi connectivity index (χ0) is 8.72. The summed E-state index contributed by atoms with van der Waals surface area (Å²) in [4.78, 5) is 4.34. The number of fused-ring (bicyclic) bond motifs is 1. The van der Waals surface area contributed by atoms with Crippen LogP contribution in [0.5, 0.6) is 0 Å². The fourth-order valence-electron chi connectivity index (χ4n) is 1.84. The highest BCUT2D eigenvalue weighted by Gasteiger charge is 2.24. The van der Waals surface area contributed by atoms with Gasteiger partial charge < -0.3 is 10.3 Å². The van der Waals surface area contributed by atoms with Gasteiger partial charge in [0.05, 0.1) is 12.0 Å². The van der Waals surface area contributed by atoms with Gasteiger partial charge in [-0.25, -0.2) is 4.98 Å². The molecular weight excluding hydrogens is 150 g/mol. The van der Waals surface area contributed by atoms with Gasteiger partial charge in [0, 0.05) is 17.8 Å². The molecule has 0 fully saturated rings. The molecular formula is C9H15N3. The average molecular weight is 165 g/mol. The molecule has 1 aliphatic rings. The molecule has 1 atom stereocenters. The second kappa shape index (κ2) is 2.59. The predicted octanol–water partition coefficient (Wildman–Crippen LogP) is 1.41. The second-order valence-electron chi connectivity index (χ2n) is 3.72. The smallest absolute Gasteiger partial charge is 0.0954 e. The average Bonchev–Trinajstić information content (AvgIpc) is 2.53. The van der Waals surface area contributed by atoms with Crippen LogP contribution in [-0.2, 0) is 6.42 Å². The molecule has 1 heterocycles. The number of rotatable bonds is 1. The predicted molar refractivity (Wildman–Crippen MR) is 47.9 cm³/mol. The largest absolute Gasteiger partial charge is 0.332 e. The Morgan fingerprint density at radius 1 is 1.67 bits per heavy atom. The monoisotopic (exact) mass is 165 g/mol. The summed E-state index contributed by atoms with van der Waals surface area (Å²) in [7, 11) is 0. The van der Waals surface area contributed by atoms with Crippen LogP contribution in [0.15, 0.2) is 6.33 Å². The molecule has 0 spiro atoms. The maximum absolute atomic E-state index is 5.88. The van der Waals surface area contributed by atoms with E-state index in [0.717, 1.165) is 18.5 Å². The van der Waals surface area contributed by atoms with Crippen molar-refractivity contribution in [1.82, 2.24) is 9.55 Å². The molecule has 0 aromatic carbocycles. The van der Waals surface area contributed by atoms with Crippen molar-refractivity contribution < 1.29 is 0 Å². The van der Waals surface area contributed by atoms with Crippen LogP contribution < -0.4 is 5.73 Å². The first kappa shape index (κ1) is 7.80. The third kappa shape index (κ3) is 0.966. The fraction of sp³-hybridized carbons (Fsp3) is 0.667. The zero-order valence-corrected chi connectivity index (χ0v) is 7.62. The van der Waals surface area contributed by atoms with E-state index in [-0.39, 0.29) is 6.04 Å². The second-order valence-corrected chi connectivity index (χ2v) is 3.72. The maximum Gasteiger partial charge on any atom is 0.0954 e. The molecule has 1 unspecified atom stereocenters. The normalized spacial score (nSPS) is 21.8. The van der Waals surface area contributed by atoms with Crippen LogP contribution in [0.2, 0.25) is 0 Å². The van der Waals surface area contributed by atoms with Crippen molar-refractivity contribution in [3.05, 3.63) is 17.7 Å². The lowest BCUT2D eigenvalue weighted by Gasteiger charge is -2.08. The van der Waals surface area contributed by atoms with Crippen LogP contribution >= 0.6 is 0 Å². The summed E-state index contributed by atoms with van der Waals surface area (Å²) in [6.07, 6.45) is 4.06. The Morgan fingerprint density at radius 3 is 3.08 bits per heavy atom. The standard InChI is InChI=1S/C9H15N3/c1-6(2)12-5-11-9-7(10)3-4-8(9)12/h5-7H,3-4,10H2,1-2H3. The first-order valence-corrected chi connectivity index (χ1v) is 4.51. The molecule has 2 N–H and O–H groups in total. The van der Waals surface area contributed by atoms with Gasteiger partial charge in [0.2, 0.25) is 0 Å². The van der Waals surface area contributed by atoms with Gasteiger partial charge in [-0.15, -0.1) is 0 Å². The molecule has 1 aromatic heterocycles. The number of nitrogens with two attached hydrogens (primary N) is 1. The third-order valence-electron chi connectivity index (χ3n) is 2.53. The van der Waals surface area contributed by atoms with Gasteiger partial charge in [-0.3, -0.25) is 0 Å². The van der Waals surface area contributed by atoms with Crippen LogP contribution in [0.4, 0.5) is 0 Å². The van der Waals surface area contributed by atoms with Crippen LogP contribution in [0.3, 0.4) is 0 Å². The number of hydrogen-bond acceptors (Lipinski definition) is 2. The zero-order valence-electron chi connectivity index (χ0n) is 7.62. The molecule has 3 heteroatoms. The summed E-state index contributed by atoms with van der Waals surface area (Å²) in [5.74, 6) is 0. The first-order chi connectivity index (χ1) is 5.70. The van der Waals surface area contributed by atoms with Crippen molar-refractivity contribution in [2.75, 3.05) is 0 Å². The molecule has 0 saturated carbocycles. The van der Waals surface area contributed by atoms with E-state index in [9.17, 15) is 0 Å². The van der Waals surface area contributed by atoms with E-state index in [4.69, 9.17) is 5.73 Å². The number of nitrogens with zero attached hydrogens (tertiary/aromatic N) is 2. The van der Waals surface area contributed by atoms with Crippen molar-refractivity contribution in [3.63, 3.8) is 0 Å². The molecule has 0 amide bonds. The van der Waals surface area contributed by atoms with E-state index >= 15 is 0 Å². The van der Waals surface area contributed by atoms with E-state index < -0.39 is 0 Å². The van der Waals surface area contributed by atoms with Crippen LogP contribution in [0.1, 0.15) is 43.7 Å². The summed E-state index contributed by atoms with van der Waals surface area (Å²) >= 11 is 0. The summed E-state index contributed by atoms with van der Waals surface area (Å²) in [6.45, 7) is 4.34. The highest BCUT2D eigenvalue weighted by Crippen LogP contribution is 2.29. The van der Waals surface area contributed by atoms with Crippen molar-refractivity contribution in [2.24, 2.45) is 5.73 Å². The van der Waals surface area contributed by atoms with E-state index in [0.29, 0.717) is 6.04 Å². The lowest BCUT2D eigenvalue weighted by Crippen LogP contribution is -2.05. The maximum atomic E-state index is 5.88. The number of aromatic nitrogens is 2. The van der Waals surface area contributed by atoms with E-state index in [1.54, 1.807) is 0 Å². The third-order valence-corrected chi connectivity index (χ3v) is 2.53. The van der Waals surface area contributed by atoms with Crippen LogP contribution in [0, 0.1) is 0 Å². The van der Waals surface area contributed by atoms with Crippen LogP contribution in [0.25, 0.3) is 0 Å². The lowest BCUT2D eigenvalue weighted by molar-refractivity contribution is 0.571. The highest BCUT2D eigenvalue weighted by molar-refractivity contribution is 5.23. The van der Waals surface area contributed by atoms with Gasteiger partial charge in [0.1, 0.15) is 0 Å². The van der Waals surface area contributed by atoms with E-state index in [1.807, 2.05) is 6.33 Å². The Bertz CT molecular complexity index is 288. The molecule has 12 heavy (non-hydrogen) atoms. The van der Waals surface area contributed by atoms with Crippen molar-refractivity contribution in [3.8, 4) is 0 Å². The Hall–Kier alpha value is -0.830. The topological polar surface area (TPSA) is 43.8 Å². The molecule has 0 bridgehead atoms. The quantitative estimate of drug-likeness (QED) is 0.683. The first-order valence-electron chi connectivity index (χ1n) is 4.51. The Balaban J connectivity index is 2.43. The van der Waals surface area contributed by atoms with Gasteiger partial charge in [-0.05, 0) is 26.7 Å². The SMILES string of the molecule is CC(C)n1cnc2c1CCC2N. The summed E-state index contributed by atoms with van der Waals surface area (Å²) < 4.78 is 2.22. The minimum absolute atomic E-state index is 0.181. The summed E-state index contributed by atoms with van der Waals surface area (Å²) in [5.41, 5.74) is 8.34. The number of hydrogen-bond donors (Lipinski definition) is 1. The molecule has 0 radical (unpaired) electrons. The van der Waals surface area contributed by atoms with Crippen molar-refractivity contribution >= 4 is 0 Å². The Morgan fingerprint density at radius 2 is 2.42 bits per heavy atom. The van der Waals surface area contributed by atoms with Gasteiger partial charge in [-0.1, -0.05) is 0 Å².